The van der Waals surface area contributed by atoms with Crippen LogP contribution in [-0.4, -0.2) is 0 Å². The van der Waals surface area contributed by atoms with Gasteiger partial charge in [0, 0.05) is 11.8 Å². The van der Waals surface area contributed by atoms with Crippen molar-refractivity contribution < 1.29 is 8.81 Å². The minimum atomic E-state index is 0.533. The lowest BCUT2D eigenvalue weighted by Gasteiger charge is -1.92. The summed E-state index contributed by atoms with van der Waals surface area (Å²) in [7, 11) is 0. The molecule has 0 aliphatic rings. The summed E-state index contributed by atoms with van der Waals surface area (Å²) in [6.45, 7) is 1.74. The molecule has 1 aromatic heterocycles. The number of benzene rings is 1. The number of furan rings is 1. The maximum absolute atomic E-state index is 12.1. The van der Waals surface area contributed by atoms with Crippen LogP contribution < -0.4 is 0 Å². The van der Waals surface area contributed by atoms with Crippen molar-refractivity contribution in [2.24, 2.45) is 0 Å². The van der Waals surface area contributed by atoms with E-state index < -0.39 is 0 Å². The van der Waals surface area contributed by atoms with Gasteiger partial charge >= 0.3 is 0 Å². The van der Waals surface area contributed by atoms with Crippen LogP contribution in [0.5, 0.6) is 0 Å². The van der Waals surface area contributed by atoms with E-state index in [0.29, 0.717) is 18.3 Å². The van der Waals surface area contributed by atoms with Crippen LogP contribution >= 0.6 is 0 Å². The molecule has 0 bridgehead atoms. The average Bonchev–Trinajstić information content (AvgIpc) is 2.59. The molecule has 2 aromatic rings. The Balaban J connectivity index is 2.36. The van der Waals surface area contributed by atoms with Gasteiger partial charge in [0.15, 0.2) is 0 Å². The SMILES string of the molecule is CC(=CF)Cc1cc2ccccc2o1. The molecule has 0 aliphatic heterocycles. The maximum Gasteiger partial charge on any atom is 0.134 e. The lowest BCUT2D eigenvalue weighted by Crippen LogP contribution is -1.81. The quantitative estimate of drug-likeness (QED) is 0.701. The molecule has 0 fully saturated rings. The summed E-state index contributed by atoms with van der Waals surface area (Å²) in [5.41, 5.74) is 1.53. The maximum atomic E-state index is 12.1. The average molecular weight is 190 g/mol. The summed E-state index contributed by atoms with van der Waals surface area (Å²) >= 11 is 0. The van der Waals surface area contributed by atoms with Crippen LogP contribution in [-0.2, 0) is 6.42 Å². The molecule has 0 radical (unpaired) electrons. The van der Waals surface area contributed by atoms with Crippen molar-refractivity contribution in [3.63, 3.8) is 0 Å². The van der Waals surface area contributed by atoms with Crippen LogP contribution in [0.2, 0.25) is 0 Å². The second-order valence-corrected chi connectivity index (χ2v) is 3.38. The zero-order valence-corrected chi connectivity index (χ0v) is 7.96. The van der Waals surface area contributed by atoms with Crippen LogP contribution in [0, 0.1) is 0 Å². The lowest BCUT2D eigenvalue weighted by atomic mass is 10.2. The van der Waals surface area contributed by atoms with E-state index in [1.165, 1.54) is 0 Å². The molecule has 0 saturated heterocycles. The summed E-state index contributed by atoms with van der Waals surface area (Å²) in [6, 6.07) is 9.72. The fraction of sp³-hybridized carbons (Fsp3) is 0.167. The Kier molecular flexibility index (Phi) is 2.35. The van der Waals surface area contributed by atoms with E-state index in [1.54, 1.807) is 6.92 Å². The molecule has 2 heteroatoms. The highest BCUT2D eigenvalue weighted by Crippen LogP contribution is 2.20. The Labute approximate surface area is 81.8 Å². The minimum absolute atomic E-state index is 0.533. The molecule has 72 valence electrons. The van der Waals surface area contributed by atoms with Gasteiger partial charge in [0.25, 0.3) is 0 Å². The third-order valence-electron chi connectivity index (χ3n) is 2.12. The molecule has 0 amide bonds. The summed E-state index contributed by atoms with van der Waals surface area (Å²) in [5.74, 6) is 0.803. The largest absolute Gasteiger partial charge is 0.461 e. The molecule has 0 unspecified atom stereocenters. The Morgan fingerprint density at radius 1 is 1.43 bits per heavy atom. The predicted octanol–water partition coefficient (Wildman–Crippen LogP) is 3.85. The van der Waals surface area contributed by atoms with Crippen molar-refractivity contribution in [2.75, 3.05) is 0 Å². The third kappa shape index (κ3) is 1.69. The first-order valence-electron chi connectivity index (χ1n) is 4.53. The van der Waals surface area contributed by atoms with Crippen molar-refractivity contribution in [3.8, 4) is 0 Å². The van der Waals surface area contributed by atoms with Crippen molar-refractivity contribution in [1.29, 1.82) is 0 Å². The Morgan fingerprint density at radius 3 is 2.93 bits per heavy atom. The van der Waals surface area contributed by atoms with Gasteiger partial charge in [0.05, 0.1) is 6.33 Å². The summed E-state index contributed by atoms with van der Waals surface area (Å²) in [6.07, 6.45) is 1.15. The van der Waals surface area contributed by atoms with E-state index in [2.05, 4.69) is 0 Å². The van der Waals surface area contributed by atoms with Crippen molar-refractivity contribution in [1.82, 2.24) is 0 Å². The number of allylic oxidation sites excluding steroid dienone is 1. The summed E-state index contributed by atoms with van der Waals surface area (Å²) in [5, 5.41) is 1.06. The van der Waals surface area contributed by atoms with Gasteiger partial charge in [-0.05, 0) is 24.6 Å². The van der Waals surface area contributed by atoms with Gasteiger partial charge in [0.1, 0.15) is 11.3 Å². The molecular formula is C12H11FO. The van der Waals surface area contributed by atoms with Crippen LogP contribution in [0.3, 0.4) is 0 Å². The Bertz CT molecular complexity index is 435. The zero-order chi connectivity index (χ0) is 9.97. The van der Waals surface area contributed by atoms with Gasteiger partial charge in [0.2, 0.25) is 0 Å². The topological polar surface area (TPSA) is 13.1 Å². The van der Waals surface area contributed by atoms with Crippen LogP contribution in [0.1, 0.15) is 12.7 Å². The van der Waals surface area contributed by atoms with E-state index in [1.807, 2.05) is 30.3 Å². The lowest BCUT2D eigenvalue weighted by molar-refractivity contribution is 0.558. The van der Waals surface area contributed by atoms with Gasteiger partial charge in [-0.1, -0.05) is 18.2 Å². The molecule has 0 spiro atoms. The smallest absolute Gasteiger partial charge is 0.134 e. The number of hydrogen-bond acceptors (Lipinski definition) is 1. The molecule has 1 nitrogen and oxygen atoms in total. The Morgan fingerprint density at radius 2 is 2.21 bits per heavy atom. The Hall–Kier alpha value is -1.57. The van der Waals surface area contributed by atoms with E-state index >= 15 is 0 Å². The normalized spacial score (nSPS) is 12.3. The number of para-hydroxylation sites is 1. The second-order valence-electron chi connectivity index (χ2n) is 3.38. The number of fused-ring (bicyclic) bond motifs is 1. The number of rotatable bonds is 2. The van der Waals surface area contributed by atoms with Gasteiger partial charge in [-0.25, -0.2) is 4.39 Å². The zero-order valence-electron chi connectivity index (χ0n) is 7.96. The van der Waals surface area contributed by atoms with Gasteiger partial charge in [-0.15, -0.1) is 0 Å². The first-order chi connectivity index (χ1) is 6.79. The minimum Gasteiger partial charge on any atom is -0.461 e. The molecular weight excluding hydrogens is 179 g/mol. The van der Waals surface area contributed by atoms with Gasteiger partial charge in [-0.3, -0.25) is 0 Å². The fourth-order valence-corrected chi connectivity index (χ4v) is 1.44. The molecule has 0 aliphatic carbocycles. The summed E-state index contributed by atoms with van der Waals surface area (Å²) in [4.78, 5) is 0. The van der Waals surface area contributed by atoms with Crippen molar-refractivity contribution >= 4 is 11.0 Å². The van der Waals surface area contributed by atoms with Gasteiger partial charge < -0.3 is 4.42 Å². The molecule has 0 saturated carbocycles. The first-order valence-corrected chi connectivity index (χ1v) is 4.53. The standard InChI is InChI=1S/C12H11FO/c1-9(8-13)6-11-7-10-4-2-3-5-12(10)14-11/h2-5,7-8H,6H2,1H3. The molecule has 0 N–H and O–H groups in total. The van der Waals surface area contributed by atoms with Crippen LogP contribution in [0.15, 0.2) is 46.7 Å². The first kappa shape index (κ1) is 9.00. The molecule has 1 heterocycles. The predicted molar refractivity (Wildman–Crippen MR) is 54.8 cm³/mol. The van der Waals surface area contributed by atoms with Gasteiger partial charge in [-0.2, -0.15) is 0 Å². The summed E-state index contributed by atoms with van der Waals surface area (Å²) < 4.78 is 17.7. The monoisotopic (exact) mass is 190 g/mol. The van der Waals surface area contributed by atoms with Crippen LogP contribution in [0.4, 0.5) is 4.39 Å². The highest BCUT2D eigenvalue weighted by atomic mass is 19.1. The van der Waals surface area contributed by atoms with E-state index in [0.717, 1.165) is 16.7 Å². The van der Waals surface area contributed by atoms with Crippen LogP contribution in [0.25, 0.3) is 11.0 Å². The highest BCUT2D eigenvalue weighted by Gasteiger charge is 2.03. The van der Waals surface area contributed by atoms with E-state index in [-0.39, 0.29) is 0 Å². The molecule has 14 heavy (non-hydrogen) atoms. The van der Waals surface area contributed by atoms with Crippen molar-refractivity contribution in [3.05, 3.63) is 48.0 Å². The molecule has 0 atom stereocenters. The second kappa shape index (κ2) is 3.66. The van der Waals surface area contributed by atoms with Crippen molar-refractivity contribution in [2.45, 2.75) is 13.3 Å². The molecule has 2 rings (SSSR count). The van der Waals surface area contributed by atoms with E-state index in [9.17, 15) is 4.39 Å². The number of hydrogen-bond donors (Lipinski definition) is 0. The molecule has 1 aromatic carbocycles. The number of halogens is 1. The van der Waals surface area contributed by atoms with E-state index in [4.69, 9.17) is 4.42 Å². The highest BCUT2D eigenvalue weighted by molar-refractivity contribution is 5.77. The third-order valence-corrected chi connectivity index (χ3v) is 2.12. The fourth-order valence-electron chi connectivity index (χ4n) is 1.44.